The fourth-order valence-corrected chi connectivity index (χ4v) is 2.92. The number of carbonyl (C=O) groups excluding carboxylic acids is 1. The van der Waals surface area contributed by atoms with E-state index in [1.807, 2.05) is 0 Å². The van der Waals surface area contributed by atoms with Gasteiger partial charge in [0.25, 0.3) is 5.89 Å². The van der Waals surface area contributed by atoms with Crippen molar-refractivity contribution in [1.29, 1.82) is 0 Å². The summed E-state index contributed by atoms with van der Waals surface area (Å²) in [6.07, 6.45) is 9.46. The molecular weight excluding hydrogens is 298 g/mol. The number of hydrogen-bond donors (Lipinski definition) is 1. The lowest BCUT2D eigenvalue weighted by atomic mass is 9.97. The monoisotopic (exact) mass is 319 g/mol. The van der Waals surface area contributed by atoms with Gasteiger partial charge < -0.3 is 14.2 Å². The van der Waals surface area contributed by atoms with Crippen LogP contribution in [0.5, 0.6) is 0 Å². The minimum atomic E-state index is -0.663. The van der Waals surface area contributed by atoms with Crippen LogP contribution in [-0.2, 0) is 11.3 Å². The summed E-state index contributed by atoms with van der Waals surface area (Å²) in [5, 5.41) is 7.00. The largest absolute Gasteiger partial charge is 0.459 e. The number of furan rings is 1. The number of rotatable bonds is 4. The zero-order chi connectivity index (χ0) is 16.1. The predicted molar refractivity (Wildman–Crippen MR) is 82.7 cm³/mol. The standard InChI is InChI=1S/C16H21N3O4/c20-14(17-12-7-4-2-1-3-5-8-12)11-19-16(21)23-15(18-19)13-9-6-10-22-13/h6,9-10,12H,1-5,7-8,11H2,(H,17,20). The van der Waals surface area contributed by atoms with Crippen LogP contribution in [0.1, 0.15) is 44.9 Å². The van der Waals surface area contributed by atoms with Gasteiger partial charge in [-0.15, -0.1) is 5.10 Å². The number of carbonyl (C=O) groups is 1. The van der Waals surface area contributed by atoms with Gasteiger partial charge in [-0.25, -0.2) is 4.79 Å². The molecule has 1 aliphatic rings. The van der Waals surface area contributed by atoms with Gasteiger partial charge in [-0.1, -0.05) is 32.1 Å². The molecule has 2 heterocycles. The van der Waals surface area contributed by atoms with Crippen LogP contribution >= 0.6 is 0 Å². The fraction of sp³-hybridized carbons (Fsp3) is 0.562. The zero-order valence-corrected chi connectivity index (χ0v) is 13.0. The normalized spacial score (nSPS) is 16.7. The van der Waals surface area contributed by atoms with Crippen molar-refractivity contribution in [1.82, 2.24) is 15.1 Å². The van der Waals surface area contributed by atoms with Crippen LogP contribution in [0.25, 0.3) is 11.7 Å². The van der Waals surface area contributed by atoms with Gasteiger partial charge in [0.1, 0.15) is 6.54 Å². The molecule has 2 aromatic rings. The highest BCUT2D eigenvalue weighted by atomic mass is 16.4. The van der Waals surface area contributed by atoms with E-state index in [9.17, 15) is 9.59 Å². The van der Waals surface area contributed by atoms with Gasteiger partial charge in [-0.05, 0) is 25.0 Å². The summed E-state index contributed by atoms with van der Waals surface area (Å²) in [5.74, 6) is -0.429. The summed E-state index contributed by atoms with van der Waals surface area (Å²) in [6.45, 7) is -0.139. The molecule has 1 saturated carbocycles. The molecule has 7 nitrogen and oxygen atoms in total. The molecule has 7 heteroatoms. The maximum absolute atomic E-state index is 12.2. The van der Waals surface area contributed by atoms with E-state index in [0.717, 1.165) is 30.4 Å². The summed E-state index contributed by atoms with van der Waals surface area (Å²) >= 11 is 0. The van der Waals surface area contributed by atoms with Gasteiger partial charge >= 0.3 is 5.76 Å². The fourth-order valence-electron chi connectivity index (χ4n) is 2.92. The molecule has 1 amide bonds. The van der Waals surface area contributed by atoms with Crippen LogP contribution < -0.4 is 11.1 Å². The number of nitrogens with zero attached hydrogens (tertiary/aromatic N) is 2. The third-order valence-electron chi connectivity index (χ3n) is 4.10. The van der Waals surface area contributed by atoms with Crippen LogP contribution in [0, 0.1) is 0 Å². The van der Waals surface area contributed by atoms with Gasteiger partial charge in [0, 0.05) is 6.04 Å². The first-order valence-corrected chi connectivity index (χ1v) is 8.13. The molecule has 3 rings (SSSR count). The van der Waals surface area contributed by atoms with Crippen molar-refractivity contribution in [2.45, 2.75) is 57.5 Å². The second kappa shape index (κ2) is 7.30. The third-order valence-corrected chi connectivity index (χ3v) is 4.10. The first-order valence-electron chi connectivity index (χ1n) is 8.13. The molecule has 124 valence electrons. The Hall–Kier alpha value is -2.31. The Balaban J connectivity index is 1.60. The molecule has 0 radical (unpaired) electrons. The average molecular weight is 319 g/mol. The summed E-state index contributed by atoms with van der Waals surface area (Å²) in [6, 6.07) is 3.51. The van der Waals surface area contributed by atoms with E-state index in [-0.39, 0.29) is 24.4 Å². The van der Waals surface area contributed by atoms with Crippen molar-refractivity contribution in [3.63, 3.8) is 0 Å². The van der Waals surface area contributed by atoms with E-state index >= 15 is 0 Å². The SMILES string of the molecule is O=C(Cn1nc(-c2ccco2)oc1=O)NC1CCCCCCC1. The van der Waals surface area contributed by atoms with E-state index in [1.165, 1.54) is 25.5 Å². The van der Waals surface area contributed by atoms with E-state index in [4.69, 9.17) is 8.83 Å². The minimum absolute atomic E-state index is 0.0822. The lowest BCUT2D eigenvalue weighted by molar-refractivity contribution is -0.122. The number of aromatic nitrogens is 2. The van der Waals surface area contributed by atoms with E-state index < -0.39 is 5.76 Å². The predicted octanol–water partition coefficient (Wildman–Crippen LogP) is 2.33. The molecule has 0 aromatic carbocycles. The highest BCUT2D eigenvalue weighted by Crippen LogP contribution is 2.17. The Bertz CT molecular complexity index is 678. The highest BCUT2D eigenvalue weighted by molar-refractivity contribution is 5.75. The van der Waals surface area contributed by atoms with Crippen LogP contribution in [0.3, 0.4) is 0 Å². The van der Waals surface area contributed by atoms with Gasteiger partial charge in [0.05, 0.1) is 6.26 Å². The molecular formula is C16H21N3O4. The van der Waals surface area contributed by atoms with Gasteiger partial charge in [0.15, 0.2) is 5.76 Å². The van der Waals surface area contributed by atoms with Crippen molar-refractivity contribution in [3.05, 3.63) is 28.9 Å². The van der Waals surface area contributed by atoms with Crippen LogP contribution in [0.4, 0.5) is 0 Å². The molecule has 0 unspecified atom stereocenters. The summed E-state index contributed by atoms with van der Waals surface area (Å²) in [7, 11) is 0. The quantitative estimate of drug-likeness (QED) is 0.934. The summed E-state index contributed by atoms with van der Waals surface area (Å²) in [5.41, 5.74) is 0. The van der Waals surface area contributed by atoms with Crippen LogP contribution in [-0.4, -0.2) is 21.7 Å². The van der Waals surface area contributed by atoms with Crippen molar-refractivity contribution in [3.8, 4) is 11.7 Å². The Morgan fingerprint density at radius 1 is 1.26 bits per heavy atom. The van der Waals surface area contributed by atoms with Crippen molar-refractivity contribution in [2.24, 2.45) is 0 Å². The van der Waals surface area contributed by atoms with Crippen LogP contribution in [0.15, 0.2) is 32.0 Å². The molecule has 1 N–H and O–H groups in total. The molecule has 1 aliphatic carbocycles. The second-order valence-corrected chi connectivity index (χ2v) is 5.92. The topological polar surface area (TPSA) is 90.3 Å². The van der Waals surface area contributed by atoms with Crippen LogP contribution in [0.2, 0.25) is 0 Å². The zero-order valence-electron chi connectivity index (χ0n) is 13.0. The maximum Gasteiger partial charge on any atom is 0.437 e. The van der Waals surface area contributed by atoms with Crippen molar-refractivity contribution < 1.29 is 13.6 Å². The Kier molecular flexibility index (Phi) is 4.95. The first kappa shape index (κ1) is 15.6. The maximum atomic E-state index is 12.2. The third kappa shape index (κ3) is 4.12. The Morgan fingerprint density at radius 3 is 2.70 bits per heavy atom. The molecule has 0 spiro atoms. The van der Waals surface area contributed by atoms with Crippen molar-refractivity contribution in [2.75, 3.05) is 0 Å². The van der Waals surface area contributed by atoms with Gasteiger partial charge in [-0.3, -0.25) is 4.79 Å². The second-order valence-electron chi connectivity index (χ2n) is 5.92. The molecule has 2 aromatic heterocycles. The first-order chi connectivity index (χ1) is 11.2. The summed E-state index contributed by atoms with van der Waals surface area (Å²) in [4.78, 5) is 23.9. The molecule has 23 heavy (non-hydrogen) atoms. The molecule has 1 fully saturated rings. The van der Waals surface area contributed by atoms with Gasteiger partial charge in [-0.2, -0.15) is 4.68 Å². The lowest BCUT2D eigenvalue weighted by Gasteiger charge is -2.20. The number of hydrogen-bond acceptors (Lipinski definition) is 5. The van der Waals surface area contributed by atoms with E-state index in [2.05, 4.69) is 10.4 Å². The average Bonchev–Trinajstić information content (AvgIpc) is 3.12. The molecule has 0 saturated heterocycles. The molecule has 0 atom stereocenters. The van der Waals surface area contributed by atoms with E-state index in [1.54, 1.807) is 12.1 Å². The molecule has 0 bridgehead atoms. The Labute approximate surface area is 133 Å². The smallest absolute Gasteiger partial charge is 0.437 e. The number of nitrogens with one attached hydrogen (secondary N) is 1. The van der Waals surface area contributed by atoms with E-state index in [0.29, 0.717) is 5.76 Å². The minimum Gasteiger partial charge on any atom is -0.459 e. The molecule has 0 aliphatic heterocycles. The number of amides is 1. The Morgan fingerprint density at radius 2 is 2.00 bits per heavy atom. The summed E-state index contributed by atoms with van der Waals surface area (Å²) < 4.78 is 11.2. The van der Waals surface area contributed by atoms with Gasteiger partial charge in [0.2, 0.25) is 5.91 Å². The van der Waals surface area contributed by atoms with Crippen molar-refractivity contribution >= 4 is 5.91 Å². The highest BCUT2D eigenvalue weighted by Gasteiger charge is 2.18. The lowest BCUT2D eigenvalue weighted by Crippen LogP contribution is -2.39.